The second kappa shape index (κ2) is 14.3. The fourth-order valence-electron chi connectivity index (χ4n) is 4.91. The molecule has 3 atom stereocenters. The van der Waals surface area contributed by atoms with Crippen molar-refractivity contribution >= 4 is 23.7 Å². The third kappa shape index (κ3) is 8.27. The number of hydrogen-bond donors (Lipinski definition) is 2. The van der Waals surface area contributed by atoms with Crippen molar-refractivity contribution in [3.8, 4) is 0 Å². The van der Waals surface area contributed by atoms with Crippen LogP contribution >= 0.6 is 0 Å². The normalized spacial score (nSPS) is 15.9. The van der Waals surface area contributed by atoms with Gasteiger partial charge in [0.05, 0.1) is 12.6 Å². The summed E-state index contributed by atoms with van der Waals surface area (Å²) in [5.41, 5.74) is 2.71. The number of carbonyl (C=O) groups is 3. The maximum atomic E-state index is 13.8. The van der Waals surface area contributed by atoms with E-state index in [1.807, 2.05) is 105 Å². The number of rotatable bonds is 13. The van der Waals surface area contributed by atoms with E-state index < -0.39 is 29.9 Å². The Bertz CT molecular complexity index is 1330. The number of aryl methyl sites for hydroxylation is 1. The van der Waals surface area contributed by atoms with E-state index in [2.05, 4.69) is 10.3 Å². The predicted octanol–water partition coefficient (Wildman–Crippen LogP) is 5.44. The molecule has 0 saturated carbocycles. The molecule has 8 heteroatoms. The molecule has 214 valence electrons. The first-order valence-electron chi connectivity index (χ1n) is 14.0. The molecule has 0 aromatic heterocycles. The van der Waals surface area contributed by atoms with E-state index in [-0.39, 0.29) is 24.5 Å². The summed E-state index contributed by atoms with van der Waals surface area (Å²) in [6, 6.07) is 26.5. The molecule has 0 fully saturated rings. The van der Waals surface area contributed by atoms with Crippen LogP contribution in [-0.2, 0) is 27.3 Å². The maximum absolute atomic E-state index is 13.8. The van der Waals surface area contributed by atoms with Gasteiger partial charge in [-0.1, -0.05) is 105 Å². The Hall–Kier alpha value is -4.46. The molecule has 8 nitrogen and oxygen atoms in total. The highest BCUT2D eigenvalue weighted by molar-refractivity contribution is 6.39. The molecule has 2 amide bonds. The summed E-state index contributed by atoms with van der Waals surface area (Å²) >= 11 is 0. The minimum atomic E-state index is -1.20. The molecule has 1 heterocycles. The lowest BCUT2D eigenvalue weighted by Gasteiger charge is -2.31. The number of nitrogens with zero attached hydrogens (tertiary/aromatic N) is 2. The first-order chi connectivity index (χ1) is 19.8. The van der Waals surface area contributed by atoms with Crippen LogP contribution in [0.5, 0.6) is 0 Å². The third-order valence-corrected chi connectivity index (χ3v) is 7.05. The molecule has 0 saturated heterocycles. The quantitative estimate of drug-likeness (QED) is 0.292. The van der Waals surface area contributed by atoms with Crippen LogP contribution in [-0.4, -0.2) is 52.3 Å². The number of carbonyl (C=O) groups excluding carboxylic acids is 2. The maximum Gasteiger partial charge on any atom is 0.408 e. The Labute approximate surface area is 241 Å². The van der Waals surface area contributed by atoms with Crippen molar-refractivity contribution in [3.63, 3.8) is 0 Å². The first kappa shape index (κ1) is 29.5. The Morgan fingerprint density at radius 2 is 1.51 bits per heavy atom. The third-order valence-electron chi connectivity index (χ3n) is 7.05. The van der Waals surface area contributed by atoms with E-state index in [4.69, 9.17) is 4.74 Å². The zero-order valence-corrected chi connectivity index (χ0v) is 23.5. The summed E-state index contributed by atoms with van der Waals surface area (Å²) < 4.78 is 5.96. The largest absolute Gasteiger partial charge is 0.465 e. The Morgan fingerprint density at radius 3 is 2.10 bits per heavy atom. The van der Waals surface area contributed by atoms with Crippen LogP contribution in [0.25, 0.3) is 0 Å². The fraction of sp³-hybridized carbons (Fsp3) is 0.333. The summed E-state index contributed by atoms with van der Waals surface area (Å²) in [5.74, 6) is -0.907. The number of nitrogens with one attached hydrogen (secondary N) is 1. The van der Waals surface area contributed by atoms with Gasteiger partial charge in [-0.25, -0.2) is 9.79 Å². The van der Waals surface area contributed by atoms with Crippen molar-refractivity contribution in [3.05, 3.63) is 108 Å². The smallest absolute Gasteiger partial charge is 0.408 e. The predicted molar refractivity (Wildman–Crippen MR) is 158 cm³/mol. The van der Waals surface area contributed by atoms with Crippen LogP contribution in [0.4, 0.5) is 4.79 Å². The highest BCUT2D eigenvalue weighted by Gasteiger charge is 2.36. The lowest BCUT2D eigenvalue weighted by Crippen LogP contribution is -2.54. The van der Waals surface area contributed by atoms with Crippen LogP contribution in [0.1, 0.15) is 49.5 Å². The molecule has 41 heavy (non-hydrogen) atoms. The number of carboxylic acid groups (broad SMARTS) is 1. The van der Waals surface area contributed by atoms with Crippen molar-refractivity contribution in [2.75, 3.05) is 6.54 Å². The van der Waals surface area contributed by atoms with Gasteiger partial charge < -0.3 is 15.2 Å². The number of ether oxygens (including phenoxy) is 1. The molecule has 0 radical (unpaired) electrons. The molecule has 1 aliphatic heterocycles. The van der Waals surface area contributed by atoms with Crippen molar-refractivity contribution in [2.45, 2.75) is 57.8 Å². The second-order valence-corrected chi connectivity index (χ2v) is 10.7. The fourth-order valence-corrected chi connectivity index (χ4v) is 4.91. The summed E-state index contributed by atoms with van der Waals surface area (Å²) in [5, 5.41) is 13.0. The SMILES string of the molecule is CC(C)CC(C(=O)NC(CCc1ccccc1)C(=O)C1=NCC(c2ccccc2)O1)N(Cc1ccccc1)C(=O)O. The minimum Gasteiger partial charge on any atom is -0.465 e. The molecule has 4 rings (SSSR count). The zero-order chi connectivity index (χ0) is 29.2. The Kier molecular flexibility index (Phi) is 10.3. The van der Waals surface area contributed by atoms with E-state index in [9.17, 15) is 19.5 Å². The van der Waals surface area contributed by atoms with E-state index in [1.165, 1.54) is 0 Å². The van der Waals surface area contributed by atoms with Crippen molar-refractivity contribution in [2.24, 2.45) is 10.9 Å². The lowest BCUT2D eigenvalue weighted by molar-refractivity contribution is -0.130. The molecule has 0 spiro atoms. The van der Waals surface area contributed by atoms with E-state index >= 15 is 0 Å². The van der Waals surface area contributed by atoms with Crippen LogP contribution in [0.2, 0.25) is 0 Å². The molecular formula is C33H37N3O5. The monoisotopic (exact) mass is 555 g/mol. The van der Waals surface area contributed by atoms with Gasteiger partial charge >= 0.3 is 6.09 Å². The first-order valence-corrected chi connectivity index (χ1v) is 14.0. The zero-order valence-electron chi connectivity index (χ0n) is 23.5. The lowest BCUT2D eigenvalue weighted by atomic mass is 9.98. The minimum absolute atomic E-state index is 0.0167. The number of hydrogen-bond acceptors (Lipinski definition) is 5. The number of Topliss-reactive ketones (excluding diaryl/α,β-unsaturated/α-hetero) is 1. The highest BCUT2D eigenvalue weighted by Crippen LogP contribution is 2.24. The number of ketones is 1. The van der Waals surface area contributed by atoms with Crippen LogP contribution in [0.15, 0.2) is 96.0 Å². The second-order valence-electron chi connectivity index (χ2n) is 10.7. The van der Waals surface area contributed by atoms with Gasteiger partial charge in [-0.05, 0) is 41.9 Å². The number of amides is 2. The van der Waals surface area contributed by atoms with E-state index in [1.54, 1.807) is 0 Å². The summed E-state index contributed by atoms with van der Waals surface area (Å²) in [7, 11) is 0. The topological polar surface area (TPSA) is 108 Å². The van der Waals surface area contributed by atoms with Gasteiger partial charge in [-0.3, -0.25) is 14.5 Å². The van der Waals surface area contributed by atoms with Gasteiger partial charge in [-0.15, -0.1) is 0 Å². The van der Waals surface area contributed by atoms with Gasteiger partial charge in [0.1, 0.15) is 12.1 Å². The van der Waals surface area contributed by atoms with E-state index in [0.717, 1.165) is 21.6 Å². The Balaban J connectivity index is 1.55. The Morgan fingerprint density at radius 1 is 0.927 bits per heavy atom. The molecule has 0 aliphatic carbocycles. The molecule has 1 aliphatic rings. The highest BCUT2D eigenvalue weighted by atomic mass is 16.5. The van der Waals surface area contributed by atoms with Crippen LogP contribution in [0, 0.1) is 5.92 Å². The summed E-state index contributed by atoms with van der Waals surface area (Å²) in [4.78, 5) is 45.4. The summed E-state index contributed by atoms with van der Waals surface area (Å²) in [6.07, 6.45) is -0.418. The van der Waals surface area contributed by atoms with Gasteiger partial charge in [0.15, 0.2) is 0 Å². The standard InChI is InChI=1S/C33H37N3O5/c1-23(2)20-28(36(33(39)40)22-25-14-8-4-9-15-25)31(38)35-27(19-18-24-12-6-3-7-13-24)30(37)32-34-21-29(41-32)26-16-10-5-11-17-26/h3-17,23,27-29H,18-22H2,1-2H3,(H,35,38)(H,39,40). The molecule has 3 aromatic carbocycles. The van der Waals surface area contributed by atoms with Crippen molar-refractivity contribution in [1.82, 2.24) is 10.2 Å². The molecule has 0 bridgehead atoms. The number of aliphatic imine (C=N–C) groups is 1. The van der Waals surface area contributed by atoms with Gasteiger partial charge in [0.25, 0.3) is 5.90 Å². The van der Waals surface area contributed by atoms with Gasteiger partial charge in [0, 0.05) is 6.54 Å². The van der Waals surface area contributed by atoms with Crippen molar-refractivity contribution in [1.29, 1.82) is 0 Å². The van der Waals surface area contributed by atoms with Crippen LogP contribution in [0.3, 0.4) is 0 Å². The molecular weight excluding hydrogens is 518 g/mol. The van der Waals surface area contributed by atoms with Gasteiger partial charge in [0.2, 0.25) is 11.7 Å². The molecule has 2 N–H and O–H groups in total. The molecule has 3 unspecified atom stereocenters. The molecule has 3 aromatic rings. The summed E-state index contributed by atoms with van der Waals surface area (Å²) in [6.45, 7) is 4.24. The average molecular weight is 556 g/mol. The van der Waals surface area contributed by atoms with E-state index in [0.29, 0.717) is 25.8 Å². The van der Waals surface area contributed by atoms with Crippen LogP contribution < -0.4 is 5.32 Å². The van der Waals surface area contributed by atoms with Gasteiger partial charge in [-0.2, -0.15) is 0 Å². The number of benzene rings is 3. The van der Waals surface area contributed by atoms with Crippen molar-refractivity contribution < 1.29 is 24.2 Å². The average Bonchev–Trinajstić information content (AvgIpc) is 3.48.